The van der Waals surface area contributed by atoms with Crippen LogP contribution in [0, 0.1) is 5.92 Å². The summed E-state index contributed by atoms with van der Waals surface area (Å²) in [6.45, 7) is 4.58. The lowest BCUT2D eigenvalue weighted by Gasteiger charge is -2.31. The van der Waals surface area contributed by atoms with Crippen LogP contribution in [0.15, 0.2) is 36.5 Å². The summed E-state index contributed by atoms with van der Waals surface area (Å²) in [6.07, 6.45) is 5.65. The van der Waals surface area contributed by atoms with Crippen molar-refractivity contribution in [2.24, 2.45) is 13.0 Å². The predicted octanol–water partition coefficient (Wildman–Crippen LogP) is 3.78. The van der Waals surface area contributed by atoms with Gasteiger partial charge in [0.05, 0.1) is 6.20 Å². The van der Waals surface area contributed by atoms with Crippen molar-refractivity contribution >= 4 is 0 Å². The van der Waals surface area contributed by atoms with Crippen molar-refractivity contribution in [3.8, 4) is 0 Å². The van der Waals surface area contributed by atoms with Crippen LogP contribution < -0.4 is 5.32 Å². The molecule has 0 aliphatic heterocycles. The number of nitrogens with one attached hydrogen (secondary N) is 1. The molecule has 1 aromatic heterocycles. The van der Waals surface area contributed by atoms with Crippen molar-refractivity contribution in [2.45, 2.75) is 45.2 Å². The van der Waals surface area contributed by atoms with Gasteiger partial charge in [-0.2, -0.15) is 5.10 Å². The lowest BCUT2D eigenvalue weighted by molar-refractivity contribution is 0.337. The van der Waals surface area contributed by atoms with Crippen LogP contribution in [-0.2, 0) is 13.5 Å². The summed E-state index contributed by atoms with van der Waals surface area (Å²) < 4.78 is 2.04. The molecule has 0 fully saturated rings. The van der Waals surface area contributed by atoms with Crippen LogP contribution in [0.2, 0.25) is 0 Å². The minimum Gasteiger partial charge on any atom is -0.303 e. The fourth-order valence-corrected chi connectivity index (χ4v) is 3.43. The van der Waals surface area contributed by atoms with Crippen molar-refractivity contribution in [3.63, 3.8) is 0 Å². The maximum atomic E-state index is 4.45. The summed E-state index contributed by atoms with van der Waals surface area (Å²) in [5, 5.41) is 8.34. The Morgan fingerprint density at radius 1 is 1.24 bits per heavy atom. The first-order chi connectivity index (χ1) is 10.2. The lowest BCUT2D eigenvalue weighted by Crippen LogP contribution is -2.32. The molecule has 1 N–H and O–H groups in total. The van der Waals surface area contributed by atoms with Crippen LogP contribution in [0.5, 0.6) is 0 Å². The summed E-state index contributed by atoms with van der Waals surface area (Å²) in [5.41, 5.74) is 4.17. The molecular weight excluding hydrogens is 258 g/mol. The first kappa shape index (κ1) is 14.3. The maximum absolute atomic E-state index is 4.45. The molecule has 0 saturated carbocycles. The van der Waals surface area contributed by atoms with E-state index in [1.54, 1.807) is 0 Å². The van der Waals surface area contributed by atoms with Gasteiger partial charge in [-0.3, -0.25) is 4.68 Å². The van der Waals surface area contributed by atoms with E-state index < -0.39 is 0 Å². The van der Waals surface area contributed by atoms with Crippen molar-refractivity contribution in [1.29, 1.82) is 0 Å². The monoisotopic (exact) mass is 283 g/mol. The summed E-state index contributed by atoms with van der Waals surface area (Å²) >= 11 is 0. The zero-order chi connectivity index (χ0) is 14.8. The third-order valence-electron chi connectivity index (χ3n) is 4.58. The molecule has 2 unspecified atom stereocenters. The number of benzene rings is 1. The van der Waals surface area contributed by atoms with Gasteiger partial charge in [-0.25, -0.2) is 0 Å². The topological polar surface area (TPSA) is 29.9 Å². The molecule has 1 aliphatic carbocycles. The van der Waals surface area contributed by atoms with E-state index in [1.165, 1.54) is 29.7 Å². The van der Waals surface area contributed by atoms with Crippen LogP contribution in [0.25, 0.3) is 0 Å². The third kappa shape index (κ3) is 2.88. The molecular formula is C18H25N3. The van der Waals surface area contributed by atoms with Gasteiger partial charge >= 0.3 is 0 Å². The highest BCUT2D eigenvalue weighted by molar-refractivity contribution is 5.26. The second-order valence-corrected chi connectivity index (χ2v) is 6.41. The molecule has 112 valence electrons. The molecule has 3 nitrogen and oxygen atoms in total. The van der Waals surface area contributed by atoms with E-state index in [4.69, 9.17) is 0 Å². The molecule has 0 saturated heterocycles. The molecule has 0 radical (unpaired) electrons. The lowest BCUT2D eigenvalue weighted by atomic mass is 9.89. The molecule has 1 aromatic carbocycles. The molecule has 21 heavy (non-hydrogen) atoms. The maximum Gasteiger partial charge on any atom is 0.0540 e. The van der Waals surface area contributed by atoms with Crippen molar-refractivity contribution < 1.29 is 0 Å². The second-order valence-electron chi connectivity index (χ2n) is 6.41. The Kier molecular flexibility index (Phi) is 4.11. The number of hydrogen-bond acceptors (Lipinski definition) is 2. The summed E-state index contributed by atoms with van der Waals surface area (Å²) in [7, 11) is 2.05. The normalized spacial score (nSPS) is 19.5. The van der Waals surface area contributed by atoms with Crippen molar-refractivity contribution in [3.05, 3.63) is 53.3 Å². The minimum atomic E-state index is 0.391. The van der Waals surface area contributed by atoms with E-state index in [-0.39, 0.29) is 0 Å². The third-order valence-corrected chi connectivity index (χ3v) is 4.58. The van der Waals surface area contributed by atoms with Crippen molar-refractivity contribution in [1.82, 2.24) is 15.1 Å². The van der Waals surface area contributed by atoms with E-state index in [2.05, 4.69) is 67.8 Å². The molecule has 3 rings (SSSR count). The van der Waals surface area contributed by atoms with E-state index in [9.17, 15) is 0 Å². The molecule has 0 spiro atoms. The van der Waals surface area contributed by atoms with Gasteiger partial charge in [0.2, 0.25) is 0 Å². The number of hydrogen-bond donors (Lipinski definition) is 1. The summed E-state index contributed by atoms with van der Waals surface area (Å²) in [5.74, 6) is 0.564. The number of nitrogens with zero attached hydrogens (tertiary/aromatic N) is 2. The Bertz CT molecular complexity index is 586. The standard InChI is InChI=1S/C18H25N3/c1-13(2)18(14-8-5-4-6-9-14)20-16-10-7-11-17-15(16)12-19-21(17)3/h4-6,8-9,12-13,16,18,20H,7,10-11H2,1-3H3. The molecule has 0 bridgehead atoms. The van der Waals surface area contributed by atoms with E-state index in [0.717, 1.165) is 6.42 Å². The van der Waals surface area contributed by atoms with Gasteiger partial charge in [0, 0.05) is 30.4 Å². The number of aryl methyl sites for hydroxylation is 1. The van der Waals surface area contributed by atoms with Gasteiger partial charge in [-0.15, -0.1) is 0 Å². The predicted molar refractivity (Wildman–Crippen MR) is 86.0 cm³/mol. The SMILES string of the molecule is CC(C)C(NC1CCCc2c1cnn2C)c1ccccc1. The Morgan fingerprint density at radius 3 is 2.71 bits per heavy atom. The Labute approximate surface area is 127 Å². The number of aromatic nitrogens is 2. The van der Waals surface area contributed by atoms with E-state index >= 15 is 0 Å². The van der Waals surface area contributed by atoms with E-state index in [1.807, 2.05) is 4.68 Å². The first-order valence-electron chi connectivity index (χ1n) is 7.98. The highest BCUT2D eigenvalue weighted by Gasteiger charge is 2.27. The smallest absolute Gasteiger partial charge is 0.0540 e. The van der Waals surface area contributed by atoms with Gasteiger partial charge in [-0.1, -0.05) is 44.2 Å². The highest BCUT2D eigenvalue weighted by atomic mass is 15.3. The zero-order valence-electron chi connectivity index (χ0n) is 13.2. The molecule has 1 heterocycles. The van der Waals surface area contributed by atoms with Gasteiger partial charge < -0.3 is 5.32 Å². The van der Waals surface area contributed by atoms with Gasteiger partial charge in [0.15, 0.2) is 0 Å². The number of fused-ring (bicyclic) bond motifs is 1. The summed E-state index contributed by atoms with van der Waals surface area (Å²) in [6, 6.07) is 11.6. The number of rotatable bonds is 4. The van der Waals surface area contributed by atoms with Crippen LogP contribution in [0.4, 0.5) is 0 Å². The molecule has 0 amide bonds. The fraction of sp³-hybridized carbons (Fsp3) is 0.500. The van der Waals surface area contributed by atoms with Gasteiger partial charge in [0.1, 0.15) is 0 Å². The molecule has 2 atom stereocenters. The molecule has 3 heteroatoms. The summed E-state index contributed by atoms with van der Waals surface area (Å²) in [4.78, 5) is 0. The Hall–Kier alpha value is -1.61. The Balaban J connectivity index is 1.85. The highest BCUT2D eigenvalue weighted by Crippen LogP contribution is 2.33. The second kappa shape index (κ2) is 6.02. The van der Waals surface area contributed by atoms with Crippen LogP contribution in [0.3, 0.4) is 0 Å². The van der Waals surface area contributed by atoms with Gasteiger partial charge in [-0.05, 0) is 30.7 Å². The van der Waals surface area contributed by atoms with Crippen molar-refractivity contribution in [2.75, 3.05) is 0 Å². The van der Waals surface area contributed by atoms with Crippen LogP contribution >= 0.6 is 0 Å². The minimum absolute atomic E-state index is 0.391. The Morgan fingerprint density at radius 2 is 2.00 bits per heavy atom. The quantitative estimate of drug-likeness (QED) is 0.925. The van der Waals surface area contributed by atoms with Crippen LogP contribution in [0.1, 0.15) is 55.6 Å². The fourth-order valence-electron chi connectivity index (χ4n) is 3.43. The average molecular weight is 283 g/mol. The van der Waals surface area contributed by atoms with Gasteiger partial charge in [0.25, 0.3) is 0 Å². The first-order valence-corrected chi connectivity index (χ1v) is 7.98. The largest absolute Gasteiger partial charge is 0.303 e. The molecule has 2 aromatic rings. The average Bonchev–Trinajstić information content (AvgIpc) is 2.88. The molecule has 1 aliphatic rings. The van der Waals surface area contributed by atoms with Crippen LogP contribution in [-0.4, -0.2) is 9.78 Å². The van der Waals surface area contributed by atoms with E-state index in [0.29, 0.717) is 18.0 Å². The zero-order valence-corrected chi connectivity index (χ0v) is 13.2.